The Labute approximate surface area is 120 Å². The van der Waals surface area contributed by atoms with Gasteiger partial charge in [0.15, 0.2) is 0 Å². The maximum atomic E-state index is 13.5. The molecular weight excluding hydrogens is 253 g/mol. The molecular formula is C17H24FNO. The summed E-state index contributed by atoms with van der Waals surface area (Å²) in [5.74, 6) is 0.404. The van der Waals surface area contributed by atoms with Gasteiger partial charge in [-0.05, 0) is 62.3 Å². The minimum Gasteiger partial charge on any atom is -0.375 e. The number of ether oxygens (including phenoxy) is 1. The molecule has 2 fully saturated rings. The Bertz CT molecular complexity index is 458. The van der Waals surface area contributed by atoms with Crippen LogP contribution in [-0.4, -0.2) is 18.8 Å². The van der Waals surface area contributed by atoms with Crippen LogP contribution in [0.25, 0.3) is 0 Å². The number of halogens is 1. The maximum Gasteiger partial charge on any atom is 0.123 e. The van der Waals surface area contributed by atoms with Crippen LogP contribution < -0.4 is 5.32 Å². The lowest BCUT2D eigenvalue weighted by Gasteiger charge is -2.49. The Balaban J connectivity index is 1.79. The molecule has 0 radical (unpaired) electrons. The molecule has 0 aromatic heterocycles. The van der Waals surface area contributed by atoms with E-state index in [0.717, 1.165) is 31.6 Å². The van der Waals surface area contributed by atoms with Gasteiger partial charge in [0.05, 0.1) is 5.60 Å². The van der Waals surface area contributed by atoms with Gasteiger partial charge in [-0.25, -0.2) is 4.39 Å². The summed E-state index contributed by atoms with van der Waals surface area (Å²) in [4.78, 5) is 0. The number of hydrogen-bond donors (Lipinski definition) is 1. The molecule has 20 heavy (non-hydrogen) atoms. The van der Waals surface area contributed by atoms with Crippen molar-refractivity contribution in [1.29, 1.82) is 0 Å². The van der Waals surface area contributed by atoms with Crippen molar-refractivity contribution in [3.05, 3.63) is 35.6 Å². The van der Waals surface area contributed by atoms with Gasteiger partial charge in [0.25, 0.3) is 0 Å². The van der Waals surface area contributed by atoms with E-state index in [0.29, 0.717) is 5.92 Å². The van der Waals surface area contributed by atoms with Gasteiger partial charge in [0.2, 0.25) is 0 Å². The first-order valence-electron chi connectivity index (χ1n) is 7.85. The van der Waals surface area contributed by atoms with Crippen molar-refractivity contribution in [2.24, 2.45) is 5.92 Å². The van der Waals surface area contributed by atoms with Crippen molar-refractivity contribution < 1.29 is 9.13 Å². The molecule has 2 unspecified atom stereocenters. The van der Waals surface area contributed by atoms with E-state index in [2.05, 4.69) is 12.2 Å². The average molecular weight is 277 g/mol. The molecule has 0 amide bonds. The first-order chi connectivity index (χ1) is 9.72. The second-order valence-electron chi connectivity index (χ2n) is 6.23. The average Bonchev–Trinajstić information content (AvgIpc) is 2.43. The van der Waals surface area contributed by atoms with Crippen LogP contribution in [0.5, 0.6) is 0 Å². The summed E-state index contributed by atoms with van der Waals surface area (Å²) >= 11 is 0. The molecule has 110 valence electrons. The van der Waals surface area contributed by atoms with Crippen LogP contribution in [0.4, 0.5) is 4.39 Å². The van der Waals surface area contributed by atoms with Gasteiger partial charge < -0.3 is 10.1 Å². The Morgan fingerprint density at radius 2 is 2.30 bits per heavy atom. The quantitative estimate of drug-likeness (QED) is 0.903. The van der Waals surface area contributed by atoms with E-state index in [1.165, 1.54) is 25.3 Å². The van der Waals surface area contributed by atoms with Gasteiger partial charge in [-0.2, -0.15) is 0 Å². The largest absolute Gasteiger partial charge is 0.375 e. The summed E-state index contributed by atoms with van der Waals surface area (Å²) in [6, 6.07) is 7.30. The molecule has 1 aromatic rings. The van der Waals surface area contributed by atoms with Crippen LogP contribution in [0, 0.1) is 11.7 Å². The molecule has 3 rings (SSSR count). The monoisotopic (exact) mass is 277 g/mol. The predicted octanol–water partition coefficient (Wildman–Crippen LogP) is 3.83. The van der Waals surface area contributed by atoms with Crippen LogP contribution in [0.1, 0.15) is 50.6 Å². The summed E-state index contributed by atoms with van der Waals surface area (Å²) in [5, 5.41) is 3.56. The van der Waals surface area contributed by atoms with Crippen molar-refractivity contribution in [3.63, 3.8) is 0 Å². The van der Waals surface area contributed by atoms with Crippen molar-refractivity contribution in [3.8, 4) is 0 Å². The second-order valence-corrected chi connectivity index (χ2v) is 6.23. The third kappa shape index (κ3) is 2.75. The third-order valence-corrected chi connectivity index (χ3v) is 4.90. The summed E-state index contributed by atoms with van der Waals surface area (Å²) < 4.78 is 19.5. The van der Waals surface area contributed by atoms with Crippen LogP contribution >= 0.6 is 0 Å². The molecule has 1 heterocycles. The summed E-state index contributed by atoms with van der Waals surface area (Å²) in [7, 11) is 0. The Hall–Kier alpha value is -0.930. The molecule has 1 aliphatic carbocycles. The molecule has 0 bridgehead atoms. The highest BCUT2D eigenvalue weighted by Gasteiger charge is 2.44. The minimum absolute atomic E-state index is 0.143. The number of benzene rings is 1. The molecule has 1 aliphatic heterocycles. The molecule has 1 spiro atoms. The van der Waals surface area contributed by atoms with E-state index >= 15 is 0 Å². The molecule has 1 saturated carbocycles. The third-order valence-electron chi connectivity index (χ3n) is 4.90. The summed E-state index contributed by atoms with van der Waals surface area (Å²) in [5.41, 5.74) is 1.22. The van der Waals surface area contributed by atoms with Crippen molar-refractivity contribution >= 4 is 0 Å². The van der Waals surface area contributed by atoms with E-state index in [1.807, 2.05) is 12.1 Å². The molecule has 2 aliphatic rings. The molecule has 2 atom stereocenters. The molecule has 2 nitrogen and oxygen atoms in total. The number of nitrogens with one attached hydrogen (secondary N) is 1. The van der Waals surface area contributed by atoms with Gasteiger partial charge in [0.1, 0.15) is 5.82 Å². The minimum atomic E-state index is -0.143. The Morgan fingerprint density at radius 1 is 1.45 bits per heavy atom. The molecule has 1 aromatic carbocycles. The smallest absolute Gasteiger partial charge is 0.123 e. The topological polar surface area (TPSA) is 21.3 Å². The van der Waals surface area contributed by atoms with E-state index in [9.17, 15) is 4.39 Å². The van der Waals surface area contributed by atoms with Gasteiger partial charge in [-0.3, -0.25) is 0 Å². The first kappa shape index (κ1) is 14.0. The van der Waals surface area contributed by atoms with Crippen molar-refractivity contribution in [1.82, 2.24) is 5.32 Å². The number of hydrogen-bond acceptors (Lipinski definition) is 2. The summed E-state index contributed by atoms with van der Waals surface area (Å²) in [6.45, 7) is 3.87. The zero-order valence-corrected chi connectivity index (χ0v) is 12.2. The van der Waals surface area contributed by atoms with Crippen LogP contribution in [0.2, 0.25) is 0 Å². The fourth-order valence-electron chi connectivity index (χ4n) is 3.75. The fraction of sp³-hybridized carbons (Fsp3) is 0.647. The van der Waals surface area contributed by atoms with Gasteiger partial charge in [-0.15, -0.1) is 0 Å². The second kappa shape index (κ2) is 5.82. The van der Waals surface area contributed by atoms with Gasteiger partial charge >= 0.3 is 0 Å². The Kier molecular flexibility index (Phi) is 4.08. The highest BCUT2D eigenvalue weighted by atomic mass is 19.1. The van der Waals surface area contributed by atoms with Crippen LogP contribution in [-0.2, 0) is 4.74 Å². The van der Waals surface area contributed by atoms with Crippen LogP contribution in [0.3, 0.4) is 0 Å². The van der Waals surface area contributed by atoms with Gasteiger partial charge in [0, 0.05) is 12.6 Å². The predicted molar refractivity (Wildman–Crippen MR) is 78.1 cm³/mol. The maximum absolute atomic E-state index is 13.5. The first-order valence-corrected chi connectivity index (χ1v) is 7.85. The zero-order chi connectivity index (χ0) is 14.0. The SMILES string of the molecule is CCNC(c1cccc(F)c1)C1CCOC2(CCC2)C1. The standard InChI is InChI=1S/C17H24FNO/c1-2-19-16(13-5-3-6-15(18)11-13)14-7-10-20-17(12-14)8-4-9-17/h3,5-6,11,14,16,19H,2,4,7-10,12H2,1H3. The highest BCUT2D eigenvalue weighted by molar-refractivity contribution is 5.21. The van der Waals surface area contributed by atoms with Crippen LogP contribution in [0.15, 0.2) is 24.3 Å². The van der Waals surface area contributed by atoms with Crippen molar-refractivity contribution in [2.75, 3.05) is 13.2 Å². The lowest BCUT2D eigenvalue weighted by molar-refractivity contribution is -0.147. The van der Waals surface area contributed by atoms with Crippen molar-refractivity contribution in [2.45, 2.75) is 50.7 Å². The van der Waals surface area contributed by atoms with E-state index in [4.69, 9.17) is 4.74 Å². The lowest BCUT2D eigenvalue weighted by atomic mass is 9.69. The highest BCUT2D eigenvalue weighted by Crippen LogP contribution is 2.47. The zero-order valence-electron chi connectivity index (χ0n) is 12.2. The molecule has 1 N–H and O–H groups in total. The molecule has 3 heteroatoms. The Morgan fingerprint density at radius 3 is 2.95 bits per heavy atom. The number of rotatable bonds is 4. The molecule has 1 saturated heterocycles. The fourth-order valence-corrected chi connectivity index (χ4v) is 3.75. The lowest BCUT2D eigenvalue weighted by Crippen LogP contribution is -2.48. The van der Waals surface area contributed by atoms with E-state index < -0.39 is 0 Å². The van der Waals surface area contributed by atoms with E-state index in [-0.39, 0.29) is 17.5 Å². The van der Waals surface area contributed by atoms with E-state index in [1.54, 1.807) is 6.07 Å². The normalized spacial score (nSPS) is 26.2. The van der Waals surface area contributed by atoms with Gasteiger partial charge in [-0.1, -0.05) is 19.1 Å². The summed E-state index contributed by atoms with van der Waals surface area (Å²) in [6.07, 6.45) is 5.87.